The van der Waals surface area contributed by atoms with Crippen molar-refractivity contribution in [1.82, 2.24) is 20.4 Å². The zero-order valence-electron chi connectivity index (χ0n) is 15.1. The molecule has 0 aliphatic rings. The first kappa shape index (κ1) is 20.6. The van der Waals surface area contributed by atoms with Crippen LogP contribution in [0.1, 0.15) is 38.6 Å². The highest BCUT2D eigenvalue weighted by Gasteiger charge is 2.11. The first-order valence-electron chi connectivity index (χ1n) is 8.47. The molecule has 0 bridgehead atoms. The summed E-state index contributed by atoms with van der Waals surface area (Å²) in [5.41, 5.74) is 2.29. The van der Waals surface area contributed by atoms with Gasteiger partial charge in [0.05, 0.1) is 0 Å². The van der Waals surface area contributed by atoms with E-state index in [9.17, 15) is 0 Å². The maximum absolute atomic E-state index is 5.38. The number of hydrogen-bond donors (Lipinski definition) is 1. The average molecular weight is 353 g/mol. The van der Waals surface area contributed by atoms with Gasteiger partial charge in [0.2, 0.25) is 0 Å². The van der Waals surface area contributed by atoms with Crippen LogP contribution in [-0.2, 0) is 13.0 Å². The summed E-state index contributed by atoms with van der Waals surface area (Å²) in [4.78, 5) is 6.92. The summed E-state index contributed by atoms with van der Waals surface area (Å²) < 4.78 is 5.38. The van der Waals surface area contributed by atoms with Crippen molar-refractivity contribution in [1.29, 1.82) is 0 Å². The van der Waals surface area contributed by atoms with Crippen molar-refractivity contribution in [3.05, 3.63) is 35.7 Å². The minimum Gasteiger partial charge on any atom is -0.334 e. The van der Waals surface area contributed by atoms with Gasteiger partial charge in [-0.25, -0.2) is 0 Å². The maximum Gasteiger partial charge on any atom is 0.257 e. The number of hydrogen-bond acceptors (Lipinski definition) is 5. The van der Waals surface area contributed by atoms with Crippen LogP contribution in [0.5, 0.6) is 0 Å². The average Bonchev–Trinajstić information content (AvgIpc) is 3.03. The molecule has 1 aromatic carbocycles. The number of likely N-dealkylation sites (N-methyl/N-ethyl adjacent to an activating group) is 1. The number of nitrogens with one attached hydrogen (secondary N) is 1. The topological polar surface area (TPSA) is 54.2 Å². The minimum absolute atomic E-state index is 0. The summed E-state index contributed by atoms with van der Waals surface area (Å²) >= 11 is 0. The SMILES string of the molecule is CCCN(CC)Cc1ccc(-c2nc(CC(C)NC)no2)cc1.Cl. The van der Waals surface area contributed by atoms with E-state index in [1.807, 2.05) is 7.05 Å². The predicted octanol–water partition coefficient (Wildman–Crippen LogP) is 3.54. The summed E-state index contributed by atoms with van der Waals surface area (Å²) in [6, 6.07) is 8.75. The lowest BCUT2D eigenvalue weighted by Crippen LogP contribution is -2.24. The molecule has 1 heterocycles. The van der Waals surface area contributed by atoms with Crippen LogP contribution in [0.25, 0.3) is 11.5 Å². The van der Waals surface area contributed by atoms with Crippen LogP contribution < -0.4 is 5.32 Å². The molecule has 6 heteroatoms. The van der Waals surface area contributed by atoms with Crippen LogP contribution in [0.2, 0.25) is 0 Å². The van der Waals surface area contributed by atoms with Gasteiger partial charge in [-0.15, -0.1) is 12.4 Å². The zero-order chi connectivity index (χ0) is 16.7. The van der Waals surface area contributed by atoms with Crippen LogP contribution >= 0.6 is 12.4 Å². The molecule has 5 nitrogen and oxygen atoms in total. The maximum atomic E-state index is 5.38. The van der Waals surface area contributed by atoms with Gasteiger partial charge in [0.15, 0.2) is 5.82 Å². The van der Waals surface area contributed by atoms with Crippen LogP contribution in [0.15, 0.2) is 28.8 Å². The van der Waals surface area contributed by atoms with Crippen LogP contribution in [0, 0.1) is 0 Å². The first-order chi connectivity index (χ1) is 11.2. The molecular weight excluding hydrogens is 324 g/mol. The highest BCUT2D eigenvalue weighted by molar-refractivity contribution is 5.85. The minimum atomic E-state index is 0. The molecule has 0 amide bonds. The fourth-order valence-electron chi connectivity index (χ4n) is 2.51. The van der Waals surface area contributed by atoms with Gasteiger partial charge in [-0.2, -0.15) is 4.98 Å². The summed E-state index contributed by atoms with van der Waals surface area (Å²) in [7, 11) is 1.93. The number of rotatable bonds is 9. The van der Waals surface area contributed by atoms with E-state index in [2.05, 4.69) is 65.4 Å². The molecule has 134 valence electrons. The Kier molecular flexibility index (Phi) is 8.97. The van der Waals surface area contributed by atoms with E-state index in [4.69, 9.17) is 4.52 Å². The van der Waals surface area contributed by atoms with E-state index >= 15 is 0 Å². The lowest BCUT2D eigenvalue weighted by Gasteiger charge is -2.19. The van der Waals surface area contributed by atoms with Gasteiger partial charge in [0.25, 0.3) is 5.89 Å². The van der Waals surface area contributed by atoms with Crippen molar-refractivity contribution in [3.8, 4) is 11.5 Å². The van der Waals surface area contributed by atoms with E-state index in [1.54, 1.807) is 0 Å². The summed E-state index contributed by atoms with van der Waals surface area (Å²) in [6.45, 7) is 9.71. The second-order valence-corrected chi connectivity index (χ2v) is 5.98. The van der Waals surface area contributed by atoms with E-state index in [1.165, 1.54) is 12.0 Å². The largest absolute Gasteiger partial charge is 0.334 e. The smallest absolute Gasteiger partial charge is 0.257 e. The second-order valence-electron chi connectivity index (χ2n) is 5.98. The highest BCUT2D eigenvalue weighted by atomic mass is 35.5. The third kappa shape index (κ3) is 5.89. The molecular formula is C18H29ClN4O. The Labute approximate surface area is 151 Å². The fourth-order valence-corrected chi connectivity index (χ4v) is 2.51. The van der Waals surface area contributed by atoms with E-state index in [0.717, 1.165) is 37.4 Å². The molecule has 0 saturated heterocycles. The van der Waals surface area contributed by atoms with Crippen LogP contribution in [0.4, 0.5) is 0 Å². The normalized spacial score (nSPS) is 12.2. The molecule has 0 spiro atoms. The molecule has 24 heavy (non-hydrogen) atoms. The Morgan fingerprint density at radius 1 is 1.21 bits per heavy atom. The molecule has 2 rings (SSSR count). The van der Waals surface area contributed by atoms with Gasteiger partial charge in [-0.05, 0) is 51.2 Å². The quantitative estimate of drug-likeness (QED) is 0.748. The molecule has 1 aromatic heterocycles. The Morgan fingerprint density at radius 3 is 2.50 bits per heavy atom. The fraction of sp³-hybridized carbons (Fsp3) is 0.556. The molecule has 0 saturated carbocycles. The van der Waals surface area contributed by atoms with Crippen molar-refractivity contribution in [2.45, 2.75) is 46.2 Å². The van der Waals surface area contributed by atoms with Crippen molar-refractivity contribution in [3.63, 3.8) is 0 Å². The van der Waals surface area contributed by atoms with Crippen molar-refractivity contribution >= 4 is 12.4 Å². The van der Waals surface area contributed by atoms with E-state index in [0.29, 0.717) is 11.9 Å². The van der Waals surface area contributed by atoms with E-state index in [-0.39, 0.29) is 12.4 Å². The summed E-state index contributed by atoms with van der Waals surface area (Å²) in [5.74, 6) is 1.33. The van der Waals surface area contributed by atoms with Gasteiger partial charge >= 0.3 is 0 Å². The molecule has 2 aromatic rings. The Morgan fingerprint density at radius 2 is 1.92 bits per heavy atom. The number of halogens is 1. The molecule has 0 aliphatic heterocycles. The number of nitrogens with zero attached hydrogens (tertiary/aromatic N) is 3. The second kappa shape index (κ2) is 10.4. The lowest BCUT2D eigenvalue weighted by molar-refractivity contribution is 0.280. The van der Waals surface area contributed by atoms with Gasteiger partial charge in [-0.3, -0.25) is 4.90 Å². The van der Waals surface area contributed by atoms with Crippen LogP contribution in [0.3, 0.4) is 0 Å². The highest BCUT2D eigenvalue weighted by Crippen LogP contribution is 2.19. The van der Waals surface area contributed by atoms with Crippen molar-refractivity contribution in [2.75, 3.05) is 20.1 Å². The monoisotopic (exact) mass is 352 g/mol. The lowest BCUT2D eigenvalue weighted by atomic mass is 10.1. The molecule has 1 atom stereocenters. The Balaban J connectivity index is 0.00000288. The predicted molar refractivity (Wildman–Crippen MR) is 100 cm³/mol. The Hall–Kier alpha value is -1.43. The van der Waals surface area contributed by atoms with Gasteiger partial charge in [0, 0.05) is 24.6 Å². The number of aromatic nitrogens is 2. The third-order valence-electron chi connectivity index (χ3n) is 4.04. The molecule has 1 N–H and O–H groups in total. The molecule has 1 unspecified atom stereocenters. The molecule has 0 radical (unpaired) electrons. The third-order valence-corrected chi connectivity index (χ3v) is 4.04. The summed E-state index contributed by atoms with van der Waals surface area (Å²) in [5, 5.41) is 7.23. The van der Waals surface area contributed by atoms with Crippen LogP contribution in [-0.4, -0.2) is 41.2 Å². The standard InChI is InChI=1S/C18H28N4O.ClH/c1-5-11-22(6-2)13-15-7-9-16(10-8-15)18-20-17(21-23-18)12-14(3)19-4;/h7-10,14,19H,5-6,11-13H2,1-4H3;1H. The Bertz CT molecular complexity index is 585. The van der Waals surface area contributed by atoms with Gasteiger partial charge < -0.3 is 9.84 Å². The molecule has 0 aliphatic carbocycles. The van der Waals surface area contributed by atoms with Crippen molar-refractivity contribution in [2.24, 2.45) is 0 Å². The van der Waals surface area contributed by atoms with Gasteiger partial charge in [0.1, 0.15) is 0 Å². The van der Waals surface area contributed by atoms with Gasteiger partial charge in [-0.1, -0.05) is 31.1 Å². The molecule has 0 fully saturated rings. The summed E-state index contributed by atoms with van der Waals surface area (Å²) in [6.07, 6.45) is 1.95. The number of benzene rings is 1. The van der Waals surface area contributed by atoms with Crippen molar-refractivity contribution < 1.29 is 4.52 Å². The zero-order valence-corrected chi connectivity index (χ0v) is 15.9. The van der Waals surface area contributed by atoms with E-state index < -0.39 is 0 Å². The first-order valence-corrected chi connectivity index (χ1v) is 8.47.